The standard InChI is InChI=1S/C22H19ClN2O3/c1-13-22(14(2)28-24-13)18-10-16-6-9-21(26)25(19(16)11-20(18)27-3)12-15-4-7-17(23)8-5-15/h4-11H,12H2,1-3H3. The van der Waals surface area contributed by atoms with Crippen LogP contribution in [0.2, 0.25) is 5.02 Å². The Morgan fingerprint density at radius 3 is 2.50 bits per heavy atom. The Morgan fingerprint density at radius 2 is 1.86 bits per heavy atom. The molecule has 0 aliphatic carbocycles. The van der Waals surface area contributed by atoms with E-state index in [4.69, 9.17) is 20.9 Å². The molecule has 6 heteroatoms. The molecule has 2 heterocycles. The van der Waals surface area contributed by atoms with Crippen LogP contribution in [0.4, 0.5) is 0 Å². The van der Waals surface area contributed by atoms with Crippen molar-refractivity contribution in [2.45, 2.75) is 20.4 Å². The lowest BCUT2D eigenvalue weighted by Gasteiger charge is -2.15. The van der Waals surface area contributed by atoms with Gasteiger partial charge in [0.2, 0.25) is 0 Å². The SMILES string of the molecule is COc1cc2c(ccc(=O)n2Cc2ccc(Cl)cc2)cc1-c1c(C)noc1C. The van der Waals surface area contributed by atoms with Crippen LogP contribution >= 0.6 is 11.6 Å². The summed E-state index contributed by atoms with van der Waals surface area (Å²) in [5, 5.41) is 5.65. The third kappa shape index (κ3) is 3.18. The van der Waals surface area contributed by atoms with Crippen molar-refractivity contribution >= 4 is 22.5 Å². The first-order chi connectivity index (χ1) is 13.5. The lowest BCUT2D eigenvalue weighted by molar-refractivity contribution is 0.393. The maximum absolute atomic E-state index is 12.6. The third-order valence-corrected chi connectivity index (χ3v) is 5.12. The van der Waals surface area contributed by atoms with E-state index in [0.717, 1.165) is 39.0 Å². The van der Waals surface area contributed by atoms with Crippen molar-refractivity contribution in [3.8, 4) is 16.9 Å². The molecule has 4 rings (SSSR count). The van der Waals surface area contributed by atoms with E-state index in [1.165, 1.54) is 0 Å². The summed E-state index contributed by atoms with van der Waals surface area (Å²) in [4.78, 5) is 12.6. The molecule has 0 fully saturated rings. The van der Waals surface area contributed by atoms with Gasteiger partial charge in [-0.25, -0.2) is 0 Å². The zero-order chi connectivity index (χ0) is 19.8. The Morgan fingerprint density at radius 1 is 1.11 bits per heavy atom. The molecule has 2 aromatic heterocycles. The zero-order valence-electron chi connectivity index (χ0n) is 15.8. The second kappa shape index (κ2) is 7.17. The third-order valence-electron chi connectivity index (χ3n) is 4.87. The van der Waals surface area contributed by atoms with Crippen LogP contribution in [-0.4, -0.2) is 16.8 Å². The molecule has 0 N–H and O–H groups in total. The molecule has 0 aliphatic rings. The molecule has 0 bridgehead atoms. The fourth-order valence-electron chi connectivity index (χ4n) is 3.49. The van der Waals surface area contributed by atoms with Gasteiger partial charge in [0.05, 0.1) is 30.4 Å². The molecule has 142 valence electrons. The quantitative estimate of drug-likeness (QED) is 0.489. The van der Waals surface area contributed by atoms with Crippen molar-refractivity contribution in [3.05, 3.63) is 80.9 Å². The van der Waals surface area contributed by atoms with Gasteiger partial charge in [-0.15, -0.1) is 0 Å². The maximum atomic E-state index is 12.6. The van der Waals surface area contributed by atoms with Crippen LogP contribution in [0.25, 0.3) is 22.0 Å². The van der Waals surface area contributed by atoms with Gasteiger partial charge in [0.1, 0.15) is 11.5 Å². The molecule has 0 spiro atoms. The smallest absolute Gasteiger partial charge is 0.251 e. The molecule has 0 unspecified atom stereocenters. The lowest BCUT2D eigenvalue weighted by Crippen LogP contribution is -2.20. The van der Waals surface area contributed by atoms with Crippen LogP contribution in [0.5, 0.6) is 5.75 Å². The number of aromatic nitrogens is 2. The van der Waals surface area contributed by atoms with Gasteiger partial charge in [0.25, 0.3) is 5.56 Å². The van der Waals surface area contributed by atoms with Crippen LogP contribution in [0.3, 0.4) is 0 Å². The van der Waals surface area contributed by atoms with Gasteiger partial charge >= 0.3 is 0 Å². The Bertz CT molecular complexity index is 1200. The average Bonchev–Trinajstić information content (AvgIpc) is 3.03. The molecular weight excluding hydrogens is 376 g/mol. The van der Waals surface area contributed by atoms with E-state index in [0.29, 0.717) is 17.3 Å². The van der Waals surface area contributed by atoms with Crippen LogP contribution in [0.15, 0.2) is 57.8 Å². The Labute approximate surface area is 167 Å². The number of ether oxygens (including phenoxy) is 1. The van der Waals surface area contributed by atoms with Crippen molar-refractivity contribution < 1.29 is 9.26 Å². The monoisotopic (exact) mass is 394 g/mol. The molecule has 0 radical (unpaired) electrons. The van der Waals surface area contributed by atoms with Crippen molar-refractivity contribution in [1.82, 2.24) is 9.72 Å². The van der Waals surface area contributed by atoms with Gasteiger partial charge in [-0.2, -0.15) is 0 Å². The van der Waals surface area contributed by atoms with E-state index in [9.17, 15) is 4.79 Å². The molecule has 2 aromatic carbocycles. The molecular formula is C22H19ClN2O3. The minimum Gasteiger partial charge on any atom is -0.496 e. The number of nitrogens with zero attached hydrogens (tertiary/aromatic N) is 2. The van der Waals surface area contributed by atoms with E-state index in [1.54, 1.807) is 17.7 Å². The van der Waals surface area contributed by atoms with Gasteiger partial charge < -0.3 is 13.8 Å². The summed E-state index contributed by atoms with van der Waals surface area (Å²) in [6.45, 7) is 4.22. The van der Waals surface area contributed by atoms with Gasteiger partial charge in [-0.1, -0.05) is 28.9 Å². The van der Waals surface area contributed by atoms with Crippen LogP contribution in [0.1, 0.15) is 17.0 Å². The Balaban J connectivity index is 1.91. The molecule has 0 saturated carbocycles. The number of benzene rings is 2. The lowest BCUT2D eigenvalue weighted by atomic mass is 10.0. The number of pyridine rings is 1. The van der Waals surface area contributed by atoms with Crippen molar-refractivity contribution in [1.29, 1.82) is 0 Å². The van der Waals surface area contributed by atoms with Gasteiger partial charge in [-0.3, -0.25) is 4.79 Å². The molecule has 0 atom stereocenters. The van der Waals surface area contributed by atoms with Gasteiger partial charge in [0, 0.05) is 22.7 Å². The highest BCUT2D eigenvalue weighted by molar-refractivity contribution is 6.30. The number of aryl methyl sites for hydroxylation is 2. The summed E-state index contributed by atoms with van der Waals surface area (Å²) in [6.07, 6.45) is 0. The highest BCUT2D eigenvalue weighted by Gasteiger charge is 2.18. The number of methoxy groups -OCH3 is 1. The normalized spacial score (nSPS) is 11.1. The average molecular weight is 395 g/mol. The minimum absolute atomic E-state index is 0.0745. The second-order valence-corrected chi connectivity index (χ2v) is 7.13. The van der Waals surface area contributed by atoms with E-state index in [2.05, 4.69) is 5.16 Å². The summed E-state index contributed by atoms with van der Waals surface area (Å²) in [5.41, 5.74) is 4.32. The number of hydrogen-bond donors (Lipinski definition) is 0. The molecule has 0 saturated heterocycles. The number of hydrogen-bond acceptors (Lipinski definition) is 4. The molecule has 0 aliphatic heterocycles. The topological polar surface area (TPSA) is 57.3 Å². The first kappa shape index (κ1) is 18.3. The minimum atomic E-state index is -0.0745. The summed E-state index contributed by atoms with van der Waals surface area (Å²) in [6, 6.07) is 14.8. The first-order valence-electron chi connectivity index (χ1n) is 8.87. The maximum Gasteiger partial charge on any atom is 0.251 e. The second-order valence-electron chi connectivity index (χ2n) is 6.69. The summed E-state index contributed by atoms with van der Waals surface area (Å²) < 4.78 is 12.7. The van der Waals surface area contributed by atoms with Crippen LogP contribution in [-0.2, 0) is 6.54 Å². The predicted octanol–water partition coefficient (Wildman–Crippen LogP) is 4.98. The van der Waals surface area contributed by atoms with Gasteiger partial charge in [0.15, 0.2) is 0 Å². The fraction of sp³-hybridized carbons (Fsp3) is 0.182. The molecule has 4 aromatic rings. The van der Waals surface area contributed by atoms with Crippen molar-refractivity contribution in [3.63, 3.8) is 0 Å². The van der Waals surface area contributed by atoms with E-state index in [-0.39, 0.29) is 5.56 Å². The van der Waals surface area contributed by atoms with Crippen molar-refractivity contribution in [2.75, 3.05) is 7.11 Å². The largest absolute Gasteiger partial charge is 0.496 e. The van der Waals surface area contributed by atoms with E-state index >= 15 is 0 Å². The Kier molecular flexibility index (Phi) is 4.69. The summed E-state index contributed by atoms with van der Waals surface area (Å²) in [5.74, 6) is 1.39. The van der Waals surface area contributed by atoms with E-state index in [1.807, 2.05) is 56.3 Å². The van der Waals surface area contributed by atoms with Crippen molar-refractivity contribution in [2.24, 2.45) is 0 Å². The molecule has 5 nitrogen and oxygen atoms in total. The van der Waals surface area contributed by atoms with Gasteiger partial charge in [-0.05, 0) is 49.1 Å². The highest BCUT2D eigenvalue weighted by atomic mass is 35.5. The Hall–Kier alpha value is -3.05. The predicted molar refractivity (Wildman–Crippen MR) is 110 cm³/mol. The van der Waals surface area contributed by atoms with Crippen LogP contribution in [0, 0.1) is 13.8 Å². The number of rotatable bonds is 4. The first-order valence-corrected chi connectivity index (χ1v) is 9.25. The fourth-order valence-corrected chi connectivity index (χ4v) is 3.62. The molecule has 0 amide bonds. The molecule has 28 heavy (non-hydrogen) atoms. The van der Waals surface area contributed by atoms with Crippen LogP contribution < -0.4 is 10.3 Å². The summed E-state index contributed by atoms with van der Waals surface area (Å²) in [7, 11) is 1.62. The highest BCUT2D eigenvalue weighted by Crippen LogP contribution is 2.37. The number of halogens is 1. The van der Waals surface area contributed by atoms with E-state index < -0.39 is 0 Å². The summed E-state index contributed by atoms with van der Waals surface area (Å²) >= 11 is 5.97. The number of fused-ring (bicyclic) bond motifs is 1. The zero-order valence-corrected chi connectivity index (χ0v) is 16.6.